The van der Waals surface area contributed by atoms with Crippen LogP contribution in [-0.4, -0.2) is 100 Å². The lowest BCUT2D eigenvalue weighted by Gasteiger charge is -2.47. The van der Waals surface area contributed by atoms with E-state index in [-0.39, 0.29) is 28.8 Å². The molecule has 1 aliphatic carbocycles. The van der Waals surface area contributed by atoms with Crippen molar-refractivity contribution >= 4 is 35.5 Å². The van der Waals surface area contributed by atoms with Gasteiger partial charge in [-0.2, -0.15) is 8.78 Å². The molecule has 13 heteroatoms. The molecule has 0 aromatic rings. The van der Waals surface area contributed by atoms with Crippen molar-refractivity contribution in [3.05, 3.63) is 10.6 Å². The Hall–Kier alpha value is -2.25. The number of amides is 3. The Bertz CT molecular complexity index is 1020. The maximum absolute atomic E-state index is 13.1. The fourth-order valence-electron chi connectivity index (χ4n) is 6.13. The molecular weight excluding hydrogens is 508 g/mol. The molecule has 1 saturated carbocycles. The van der Waals surface area contributed by atoms with Crippen molar-refractivity contribution in [2.75, 3.05) is 19.6 Å². The van der Waals surface area contributed by atoms with Gasteiger partial charge in [-0.1, -0.05) is 6.92 Å². The Morgan fingerprint density at radius 2 is 1.92 bits per heavy atom. The number of halogens is 2. The molecule has 3 saturated heterocycles. The summed E-state index contributed by atoms with van der Waals surface area (Å²) in [6, 6.07) is -0.781. The van der Waals surface area contributed by atoms with Gasteiger partial charge in [-0.3, -0.25) is 14.4 Å². The summed E-state index contributed by atoms with van der Waals surface area (Å²) >= 11 is 1.37. The van der Waals surface area contributed by atoms with Gasteiger partial charge in [0.1, 0.15) is 5.70 Å². The van der Waals surface area contributed by atoms with E-state index in [0.29, 0.717) is 36.5 Å². The van der Waals surface area contributed by atoms with E-state index >= 15 is 0 Å². The number of fused-ring (bicyclic) bond motifs is 1. The zero-order valence-electron chi connectivity index (χ0n) is 20.8. The molecule has 0 radical (unpaired) electrons. The summed E-state index contributed by atoms with van der Waals surface area (Å²) in [6.07, 6.45) is 0.705. The molecule has 0 unspecified atom stereocenters. The third-order valence-electron chi connectivity index (χ3n) is 8.13. The largest absolute Gasteiger partial charge is 0.477 e. The molecule has 0 spiro atoms. The topological polar surface area (TPSA) is 131 Å². The first kappa shape index (κ1) is 26.4. The van der Waals surface area contributed by atoms with Gasteiger partial charge in [0.25, 0.3) is 5.91 Å². The van der Waals surface area contributed by atoms with E-state index in [1.165, 1.54) is 36.4 Å². The minimum Gasteiger partial charge on any atom is -0.477 e. The van der Waals surface area contributed by atoms with Gasteiger partial charge in [-0.05, 0) is 32.6 Å². The Labute approximate surface area is 217 Å². The highest BCUT2D eigenvalue weighted by atomic mass is 32.2. The predicted molar refractivity (Wildman–Crippen MR) is 130 cm³/mol. The number of carboxylic acid groups (broad SMARTS) is 1. The van der Waals surface area contributed by atoms with Gasteiger partial charge in [0, 0.05) is 53.8 Å². The standard InChI is InChI=1S/C24H33F2N5O5S/c1-10-17-16(11(2)28-21(32)20(25)26)23(34)31(17)18(24(35)36)19(10)37-14-7-15(27-8-14)22(33)30-6-5-13(9-30)29-12-3-4-12/h10-17,20,27,29H,3-9H2,1-2H3,(H,28,32)(H,35,36)/t10-,11-,13+,14+,15+,16-,17-/m1/s1. The first-order chi connectivity index (χ1) is 17.6. The zero-order valence-corrected chi connectivity index (χ0v) is 21.6. The van der Waals surface area contributed by atoms with Gasteiger partial charge in [0.05, 0.1) is 18.0 Å². The lowest BCUT2D eigenvalue weighted by atomic mass is 9.78. The summed E-state index contributed by atoms with van der Waals surface area (Å²) in [5.41, 5.74) is -0.0838. The Balaban J connectivity index is 1.21. The van der Waals surface area contributed by atoms with Crippen LogP contribution in [0, 0.1) is 11.8 Å². The first-order valence-electron chi connectivity index (χ1n) is 12.9. The number of carboxylic acids is 1. The van der Waals surface area contributed by atoms with Crippen molar-refractivity contribution in [1.29, 1.82) is 0 Å². The lowest BCUT2D eigenvalue weighted by Crippen LogP contribution is -2.66. The summed E-state index contributed by atoms with van der Waals surface area (Å²) in [5.74, 6) is -4.23. The van der Waals surface area contributed by atoms with Gasteiger partial charge in [0.15, 0.2) is 0 Å². The second-order valence-corrected chi connectivity index (χ2v) is 12.1. The molecular formula is C24H33F2N5O5S. The van der Waals surface area contributed by atoms with Crippen molar-refractivity contribution in [2.24, 2.45) is 11.8 Å². The number of rotatable bonds is 9. The maximum Gasteiger partial charge on any atom is 0.353 e. The van der Waals surface area contributed by atoms with E-state index in [0.717, 1.165) is 13.0 Å². The van der Waals surface area contributed by atoms with E-state index < -0.39 is 42.2 Å². The number of carbonyl (C=O) groups is 4. The van der Waals surface area contributed by atoms with Crippen LogP contribution in [0.5, 0.6) is 0 Å². The van der Waals surface area contributed by atoms with Crippen molar-refractivity contribution in [1.82, 2.24) is 25.8 Å². The molecule has 37 heavy (non-hydrogen) atoms. The molecule has 0 bridgehead atoms. The molecule has 4 heterocycles. The summed E-state index contributed by atoms with van der Waals surface area (Å²) in [4.78, 5) is 53.3. The van der Waals surface area contributed by atoms with Gasteiger partial charge >= 0.3 is 12.4 Å². The van der Waals surface area contributed by atoms with Crippen LogP contribution in [-0.2, 0) is 19.2 Å². The van der Waals surface area contributed by atoms with Crippen LogP contribution in [0.2, 0.25) is 0 Å². The average Bonchev–Trinajstić information content (AvgIpc) is 3.24. The van der Waals surface area contributed by atoms with E-state index in [1.807, 2.05) is 11.8 Å². The van der Waals surface area contributed by atoms with Gasteiger partial charge in [-0.15, -0.1) is 11.8 Å². The lowest BCUT2D eigenvalue weighted by molar-refractivity contribution is -0.159. The third kappa shape index (κ3) is 4.97. The summed E-state index contributed by atoms with van der Waals surface area (Å²) in [7, 11) is 0. The number of hydrogen-bond donors (Lipinski definition) is 4. The van der Waals surface area contributed by atoms with Crippen molar-refractivity contribution in [2.45, 2.75) is 81.4 Å². The number of alkyl halides is 2. The van der Waals surface area contributed by atoms with Crippen LogP contribution in [0.3, 0.4) is 0 Å². The number of likely N-dealkylation sites (tertiary alicyclic amines) is 1. The summed E-state index contributed by atoms with van der Waals surface area (Å²) < 4.78 is 25.4. The molecule has 4 fully saturated rings. The predicted octanol–water partition coefficient (Wildman–Crippen LogP) is 0.346. The van der Waals surface area contributed by atoms with Gasteiger partial charge < -0.3 is 30.9 Å². The number of nitrogens with one attached hydrogen (secondary N) is 3. The van der Waals surface area contributed by atoms with Crippen LogP contribution in [0.15, 0.2) is 10.6 Å². The van der Waals surface area contributed by atoms with E-state index in [4.69, 9.17) is 0 Å². The van der Waals surface area contributed by atoms with E-state index in [1.54, 1.807) is 0 Å². The SMILES string of the molecule is C[C@@H](NC(=O)C(F)F)[C@H]1C(=O)N2C(C(=O)O)=C(S[C@@H]3CN[C@H](C(=O)N4CC[C@H](NC5CC5)C4)C3)[C@H](C)[C@H]12. The average molecular weight is 542 g/mol. The van der Waals surface area contributed by atoms with E-state index in [2.05, 4.69) is 16.0 Å². The number of hydrogen-bond acceptors (Lipinski definition) is 7. The number of β-lactam (4-membered cyclic amide) rings is 1. The second kappa shape index (κ2) is 10.1. The minimum absolute atomic E-state index is 0.0491. The highest BCUT2D eigenvalue weighted by molar-refractivity contribution is 8.03. The highest BCUT2D eigenvalue weighted by Crippen LogP contribution is 2.51. The molecule has 5 rings (SSSR count). The van der Waals surface area contributed by atoms with Gasteiger partial charge in [0.2, 0.25) is 11.8 Å². The molecule has 10 nitrogen and oxygen atoms in total. The van der Waals surface area contributed by atoms with Crippen molar-refractivity contribution in [3.8, 4) is 0 Å². The van der Waals surface area contributed by atoms with Crippen molar-refractivity contribution in [3.63, 3.8) is 0 Å². The second-order valence-electron chi connectivity index (χ2n) is 10.8. The Kier molecular flexibility index (Phi) is 7.22. The number of carbonyl (C=O) groups excluding carboxylic acids is 3. The number of aliphatic carboxylic acids is 1. The summed E-state index contributed by atoms with van der Waals surface area (Å²) in [6.45, 7) is 5.27. The molecule has 4 aliphatic heterocycles. The molecule has 5 aliphatic rings. The van der Waals surface area contributed by atoms with Gasteiger partial charge in [-0.25, -0.2) is 4.79 Å². The smallest absolute Gasteiger partial charge is 0.353 e. The minimum atomic E-state index is -3.19. The Morgan fingerprint density at radius 3 is 2.57 bits per heavy atom. The Morgan fingerprint density at radius 1 is 1.19 bits per heavy atom. The van der Waals surface area contributed by atoms with Crippen LogP contribution < -0.4 is 16.0 Å². The first-order valence-corrected chi connectivity index (χ1v) is 13.8. The molecule has 0 aromatic heterocycles. The zero-order chi connectivity index (χ0) is 26.6. The van der Waals surface area contributed by atoms with Crippen LogP contribution in [0.25, 0.3) is 0 Å². The van der Waals surface area contributed by atoms with E-state index in [9.17, 15) is 33.1 Å². The fourth-order valence-corrected chi connectivity index (χ4v) is 7.61. The molecule has 0 aromatic carbocycles. The van der Waals surface area contributed by atoms with Crippen molar-refractivity contribution < 1.29 is 33.1 Å². The quantitative estimate of drug-likeness (QED) is 0.308. The number of thioether (sulfide) groups is 1. The molecule has 4 N–H and O–H groups in total. The molecule has 7 atom stereocenters. The maximum atomic E-state index is 13.1. The monoisotopic (exact) mass is 541 g/mol. The van der Waals surface area contributed by atoms with Crippen LogP contribution in [0.1, 0.15) is 39.5 Å². The molecule has 3 amide bonds. The van der Waals surface area contributed by atoms with Crippen LogP contribution >= 0.6 is 11.8 Å². The van der Waals surface area contributed by atoms with Crippen LogP contribution in [0.4, 0.5) is 8.78 Å². The highest BCUT2D eigenvalue weighted by Gasteiger charge is 2.60. The number of nitrogens with zero attached hydrogens (tertiary/aromatic N) is 2. The molecule has 204 valence electrons. The normalized spacial score (nSPS) is 34.1. The third-order valence-corrected chi connectivity index (χ3v) is 9.64. The summed E-state index contributed by atoms with van der Waals surface area (Å²) in [5, 5.41) is 18.9. The fraction of sp³-hybridized carbons (Fsp3) is 0.750.